The first-order valence-electron chi connectivity index (χ1n) is 8.92. The van der Waals surface area contributed by atoms with Crippen molar-refractivity contribution in [2.45, 2.75) is 34.1 Å². The van der Waals surface area contributed by atoms with E-state index in [-0.39, 0.29) is 17.7 Å². The number of benzene rings is 2. The van der Waals surface area contributed by atoms with Crippen molar-refractivity contribution in [1.82, 2.24) is 5.32 Å². The highest BCUT2D eigenvalue weighted by Gasteiger charge is 2.19. The topological polar surface area (TPSA) is 58.5 Å². The fourth-order valence-electron chi connectivity index (χ4n) is 3.34. The van der Waals surface area contributed by atoms with E-state index in [1.54, 1.807) is 0 Å². The third kappa shape index (κ3) is 3.74. The summed E-state index contributed by atoms with van der Waals surface area (Å²) in [6, 6.07) is 9.84. The Morgan fingerprint density at radius 1 is 1.08 bits per heavy atom. The number of hydrogen-bond acceptors (Lipinski definition) is 2. The van der Waals surface area contributed by atoms with Gasteiger partial charge in [0.2, 0.25) is 0 Å². The summed E-state index contributed by atoms with van der Waals surface area (Å²) in [5.74, 6) is -0.528. The number of rotatable bonds is 4. The minimum atomic E-state index is -0.288. The number of carbonyl (C=O) groups is 2. The van der Waals surface area contributed by atoms with Gasteiger partial charge in [-0.15, -0.1) is 0 Å². The molecule has 2 aromatic carbocycles. The van der Waals surface area contributed by atoms with Crippen LogP contribution in [0.1, 0.15) is 39.0 Å². The maximum Gasteiger partial charge on any atom is 0.253 e. The van der Waals surface area contributed by atoms with E-state index in [0.29, 0.717) is 18.5 Å². The normalized spacial score (nSPS) is 15.7. The lowest BCUT2D eigenvalue weighted by Gasteiger charge is -2.14. The highest BCUT2D eigenvalue weighted by molar-refractivity contribution is 5.94. The molecule has 1 atom stereocenters. The van der Waals surface area contributed by atoms with Gasteiger partial charge in [-0.25, -0.2) is 4.99 Å². The summed E-state index contributed by atoms with van der Waals surface area (Å²) < 4.78 is 0. The van der Waals surface area contributed by atoms with Gasteiger partial charge in [-0.2, -0.15) is 0 Å². The van der Waals surface area contributed by atoms with E-state index in [4.69, 9.17) is 0 Å². The Balaban J connectivity index is 1.68. The summed E-state index contributed by atoms with van der Waals surface area (Å²) in [4.78, 5) is 29.0. The predicted molar refractivity (Wildman–Crippen MR) is 103 cm³/mol. The molecule has 1 aliphatic heterocycles. The van der Waals surface area contributed by atoms with E-state index in [9.17, 15) is 9.59 Å². The zero-order valence-corrected chi connectivity index (χ0v) is 15.7. The molecule has 1 N–H and O–H groups in total. The van der Waals surface area contributed by atoms with Gasteiger partial charge in [-0.1, -0.05) is 35.4 Å². The molecule has 2 amide bonds. The van der Waals surface area contributed by atoms with Crippen LogP contribution >= 0.6 is 0 Å². The van der Waals surface area contributed by atoms with Crippen molar-refractivity contribution < 1.29 is 9.59 Å². The fourth-order valence-corrected chi connectivity index (χ4v) is 3.34. The summed E-state index contributed by atoms with van der Waals surface area (Å²) >= 11 is 0. The molecule has 26 heavy (non-hydrogen) atoms. The van der Waals surface area contributed by atoms with Crippen molar-refractivity contribution >= 4 is 17.9 Å². The lowest BCUT2D eigenvalue weighted by Crippen LogP contribution is -2.37. The molecule has 1 unspecified atom stereocenters. The van der Waals surface area contributed by atoms with Gasteiger partial charge in [0.15, 0.2) is 0 Å². The van der Waals surface area contributed by atoms with Crippen LogP contribution in [-0.4, -0.2) is 18.4 Å². The number of aryl methyl sites for hydroxylation is 3. The molecule has 4 heteroatoms. The van der Waals surface area contributed by atoms with E-state index in [2.05, 4.69) is 16.4 Å². The van der Waals surface area contributed by atoms with Gasteiger partial charge >= 0.3 is 0 Å². The molecule has 0 saturated heterocycles. The number of amides is 2. The molecule has 0 spiro atoms. The summed E-state index contributed by atoms with van der Waals surface area (Å²) in [6.45, 7) is 8.39. The quantitative estimate of drug-likeness (QED) is 0.922. The molecule has 4 nitrogen and oxygen atoms in total. The van der Waals surface area contributed by atoms with E-state index in [0.717, 1.165) is 32.8 Å². The smallest absolute Gasteiger partial charge is 0.253 e. The summed E-state index contributed by atoms with van der Waals surface area (Å²) in [7, 11) is 0. The monoisotopic (exact) mass is 348 g/mol. The number of nitrogens with zero attached hydrogens (tertiary/aromatic N) is 1. The zero-order valence-electron chi connectivity index (χ0n) is 15.7. The van der Waals surface area contributed by atoms with Crippen LogP contribution in [0.2, 0.25) is 0 Å². The molecule has 134 valence electrons. The Labute approximate surface area is 153 Å². The summed E-state index contributed by atoms with van der Waals surface area (Å²) in [5.41, 5.74) is 4.96. The maximum atomic E-state index is 12.3. The Morgan fingerprint density at radius 3 is 2.46 bits per heavy atom. The zero-order chi connectivity index (χ0) is 18.8. The highest BCUT2D eigenvalue weighted by Crippen LogP contribution is 2.11. The molecule has 1 aliphatic rings. The van der Waals surface area contributed by atoms with Crippen LogP contribution in [0.4, 0.5) is 0 Å². The Kier molecular flexibility index (Phi) is 5.03. The Bertz CT molecular complexity index is 985. The number of fused-ring (bicyclic) bond motifs is 1. The van der Waals surface area contributed by atoms with Gasteiger partial charge < -0.3 is 5.32 Å². The summed E-state index contributed by atoms with van der Waals surface area (Å²) in [5, 5.41) is 4.69. The van der Waals surface area contributed by atoms with Gasteiger partial charge in [0.25, 0.3) is 11.8 Å². The number of carbonyl (C=O) groups excluding carboxylic acids is 2. The second-order valence-corrected chi connectivity index (χ2v) is 7.09. The van der Waals surface area contributed by atoms with Crippen molar-refractivity contribution in [2.75, 3.05) is 6.54 Å². The van der Waals surface area contributed by atoms with Crippen LogP contribution in [0.25, 0.3) is 6.08 Å². The van der Waals surface area contributed by atoms with Crippen molar-refractivity contribution in [3.63, 3.8) is 0 Å². The maximum absolute atomic E-state index is 12.3. The Hall–Kier alpha value is -2.75. The first-order chi connectivity index (χ1) is 12.3. The average molecular weight is 348 g/mol. The van der Waals surface area contributed by atoms with Crippen LogP contribution in [0, 0.1) is 33.6 Å². The van der Waals surface area contributed by atoms with E-state index in [1.807, 2.05) is 58.0 Å². The van der Waals surface area contributed by atoms with Gasteiger partial charge in [0.05, 0.1) is 11.3 Å². The minimum Gasteiger partial charge on any atom is -0.352 e. The molecule has 0 saturated carbocycles. The molecule has 0 aromatic heterocycles. The van der Waals surface area contributed by atoms with Crippen LogP contribution in [0.3, 0.4) is 0 Å². The van der Waals surface area contributed by atoms with Crippen LogP contribution in [0.5, 0.6) is 0 Å². The van der Waals surface area contributed by atoms with E-state index in [1.165, 1.54) is 0 Å². The molecule has 0 fully saturated rings. The van der Waals surface area contributed by atoms with Gasteiger partial charge in [-0.3, -0.25) is 9.59 Å². The van der Waals surface area contributed by atoms with E-state index < -0.39 is 0 Å². The third-order valence-corrected chi connectivity index (χ3v) is 4.88. The van der Waals surface area contributed by atoms with Crippen molar-refractivity contribution in [3.05, 3.63) is 68.7 Å². The van der Waals surface area contributed by atoms with Crippen molar-refractivity contribution in [1.29, 1.82) is 0 Å². The third-order valence-electron chi connectivity index (χ3n) is 4.88. The molecule has 0 bridgehead atoms. The summed E-state index contributed by atoms with van der Waals surface area (Å²) in [6.07, 6.45) is 2.52. The largest absolute Gasteiger partial charge is 0.352 e. The molecule has 0 aliphatic carbocycles. The standard InChI is InChI=1S/C22H24N2O2/c1-13-9-14(2)11-19(10-13)21(25)23-8-7-18-12-17-6-5-15(3)16(4)20(17)24-22(18)26/h5-6,9-12,18H,7-8H2,1-4H3,(H,23,25). The predicted octanol–water partition coefficient (Wildman–Crippen LogP) is 2.30. The molecular formula is C22H24N2O2. The second kappa shape index (κ2) is 7.24. The molecule has 0 radical (unpaired) electrons. The Morgan fingerprint density at radius 2 is 1.77 bits per heavy atom. The SMILES string of the molecule is Cc1cc(C)cc(C(=O)NCCC2C=c3ccc(C)c(C)c3=NC2=O)c1. The second-order valence-electron chi connectivity index (χ2n) is 7.09. The van der Waals surface area contributed by atoms with Crippen LogP contribution in [-0.2, 0) is 4.79 Å². The molecule has 2 aromatic rings. The first-order valence-corrected chi connectivity index (χ1v) is 8.92. The van der Waals surface area contributed by atoms with E-state index >= 15 is 0 Å². The van der Waals surface area contributed by atoms with Gasteiger partial charge in [0.1, 0.15) is 0 Å². The minimum absolute atomic E-state index is 0.108. The van der Waals surface area contributed by atoms with Crippen molar-refractivity contribution in [3.8, 4) is 0 Å². The van der Waals surface area contributed by atoms with Gasteiger partial charge in [-0.05, 0) is 62.6 Å². The molecule has 3 rings (SSSR count). The molecule has 1 heterocycles. The van der Waals surface area contributed by atoms with Crippen LogP contribution in [0.15, 0.2) is 35.3 Å². The first kappa shape index (κ1) is 18.1. The lowest BCUT2D eigenvalue weighted by molar-refractivity contribution is -0.120. The van der Waals surface area contributed by atoms with Gasteiger partial charge in [0, 0.05) is 12.1 Å². The average Bonchev–Trinajstić information content (AvgIpc) is 2.58. The highest BCUT2D eigenvalue weighted by atomic mass is 16.2. The van der Waals surface area contributed by atoms with Crippen molar-refractivity contribution in [2.24, 2.45) is 10.9 Å². The molecular weight excluding hydrogens is 324 g/mol. The number of nitrogens with one attached hydrogen (secondary N) is 1. The number of hydrogen-bond donors (Lipinski definition) is 1. The lowest BCUT2D eigenvalue weighted by atomic mass is 9.97. The van der Waals surface area contributed by atoms with Crippen LogP contribution < -0.4 is 15.9 Å². The fraction of sp³-hybridized carbons (Fsp3) is 0.318.